The highest BCUT2D eigenvalue weighted by molar-refractivity contribution is 7.91. The summed E-state index contributed by atoms with van der Waals surface area (Å²) in [6.07, 6.45) is 2.44. The lowest BCUT2D eigenvalue weighted by Crippen LogP contribution is -2.49. The van der Waals surface area contributed by atoms with Crippen LogP contribution in [0.2, 0.25) is 0 Å². The molecule has 0 bridgehead atoms. The topological polar surface area (TPSA) is 129 Å². The molecule has 3 heterocycles. The first kappa shape index (κ1) is 22.3. The smallest absolute Gasteiger partial charge is 0.325 e. The van der Waals surface area contributed by atoms with E-state index in [1.165, 1.54) is 12.0 Å². The summed E-state index contributed by atoms with van der Waals surface area (Å²) in [5.74, 6) is -1.05. The number of benzene rings is 1. The summed E-state index contributed by atoms with van der Waals surface area (Å²) in [6, 6.07) is 5.79. The molecule has 0 unspecified atom stereocenters. The van der Waals surface area contributed by atoms with Crippen molar-refractivity contribution >= 4 is 38.6 Å². The number of imide groups is 1. The fourth-order valence-electron chi connectivity index (χ4n) is 4.33. The molecule has 0 aliphatic carbocycles. The number of H-pyrrole nitrogens is 1. The van der Waals surface area contributed by atoms with E-state index >= 15 is 0 Å². The molecular weight excluding hydrogens is 436 g/mol. The molecule has 2 aromatic rings. The lowest BCUT2D eigenvalue weighted by molar-refractivity contribution is -0.139. The maximum Gasteiger partial charge on any atom is 0.325 e. The zero-order chi connectivity index (χ0) is 22.9. The van der Waals surface area contributed by atoms with Gasteiger partial charge in [-0.3, -0.25) is 14.5 Å². The Morgan fingerprint density at radius 3 is 2.78 bits per heavy atom. The zero-order valence-corrected chi connectivity index (χ0v) is 18.6. The first-order chi connectivity index (χ1) is 15.3. The summed E-state index contributed by atoms with van der Waals surface area (Å²) in [5.41, 5.74) is 1.83. The Kier molecular flexibility index (Phi) is 6.20. The summed E-state index contributed by atoms with van der Waals surface area (Å²) >= 11 is 0. The number of sulfone groups is 1. The van der Waals surface area contributed by atoms with Gasteiger partial charge in [0.15, 0.2) is 9.84 Å². The number of amides is 4. The number of rotatable bonds is 8. The molecule has 0 saturated carbocycles. The van der Waals surface area contributed by atoms with Crippen molar-refractivity contribution in [1.82, 2.24) is 20.1 Å². The van der Waals surface area contributed by atoms with Crippen LogP contribution in [-0.2, 0) is 30.6 Å². The number of aromatic amines is 1. The van der Waals surface area contributed by atoms with Crippen LogP contribution in [0, 0.1) is 0 Å². The van der Waals surface area contributed by atoms with Crippen molar-refractivity contribution in [1.29, 1.82) is 0 Å². The lowest BCUT2D eigenvalue weighted by atomic mass is 10.1. The van der Waals surface area contributed by atoms with Crippen molar-refractivity contribution in [3.63, 3.8) is 0 Å². The summed E-state index contributed by atoms with van der Waals surface area (Å²) < 4.78 is 28.8. The predicted octanol–water partition coefficient (Wildman–Crippen LogP) is 0.293. The number of fused-ring (bicyclic) bond motifs is 1. The molecule has 2 N–H and O–H groups in total. The third kappa shape index (κ3) is 4.49. The highest BCUT2D eigenvalue weighted by atomic mass is 32.2. The molecule has 2 atom stereocenters. The van der Waals surface area contributed by atoms with Crippen LogP contribution < -0.4 is 5.32 Å². The van der Waals surface area contributed by atoms with E-state index in [-0.39, 0.29) is 24.7 Å². The molecule has 1 aromatic carbocycles. The summed E-state index contributed by atoms with van der Waals surface area (Å²) in [6.45, 7) is -0.0150. The van der Waals surface area contributed by atoms with E-state index in [0.717, 1.165) is 21.4 Å². The van der Waals surface area contributed by atoms with E-state index < -0.39 is 46.3 Å². The Labute approximate surface area is 185 Å². The second-order valence-electron chi connectivity index (χ2n) is 8.13. The molecule has 1 aromatic heterocycles. The summed E-state index contributed by atoms with van der Waals surface area (Å²) in [7, 11) is -1.71. The van der Waals surface area contributed by atoms with Gasteiger partial charge in [-0.2, -0.15) is 0 Å². The molecule has 2 fully saturated rings. The van der Waals surface area contributed by atoms with Gasteiger partial charge in [0.05, 0.1) is 18.1 Å². The van der Waals surface area contributed by atoms with Gasteiger partial charge < -0.3 is 19.9 Å². The van der Waals surface area contributed by atoms with E-state index in [9.17, 15) is 22.8 Å². The average Bonchev–Trinajstić information content (AvgIpc) is 3.41. The molecule has 11 heteroatoms. The second kappa shape index (κ2) is 8.91. The number of methoxy groups -OCH3 is 1. The Balaban J connectivity index is 1.45. The van der Waals surface area contributed by atoms with Crippen molar-refractivity contribution < 1.29 is 27.5 Å². The van der Waals surface area contributed by atoms with Crippen LogP contribution >= 0.6 is 0 Å². The predicted molar refractivity (Wildman–Crippen MR) is 117 cm³/mol. The van der Waals surface area contributed by atoms with E-state index in [1.807, 2.05) is 30.5 Å². The van der Waals surface area contributed by atoms with Crippen molar-refractivity contribution in [3.05, 3.63) is 36.0 Å². The minimum atomic E-state index is -3.20. The zero-order valence-electron chi connectivity index (χ0n) is 17.7. The number of para-hydroxylation sites is 1. The molecule has 172 valence electrons. The average molecular weight is 463 g/mol. The van der Waals surface area contributed by atoms with Crippen LogP contribution in [0.4, 0.5) is 4.79 Å². The normalized spacial score (nSPS) is 22.5. The Morgan fingerprint density at radius 2 is 2.06 bits per heavy atom. The van der Waals surface area contributed by atoms with Crippen molar-refractivity contribution in [2.24, 2.45) is 0 Å². The number of aromatic nitrogens is 1. The highest BCUT2D eigenvalue weighted by Crippen LogP contribution is 2.22. The van der Waals surface area contributed by atoms with Crippen molar-refractivity contribution in [2.75, 3.05) is 38.3 Å². The lowest BCUT2D eigenvalue weighted by Gasteiger charge is -2.29. The Hall–Kier alpha value is -2.92. The number of ether oxygens (including phenoxy) is 1. The van der Waals surface area contributed by atoms with Gasteiger partial charge in [0.25, 0.3) is 5.91 Å². The number of hydrogen-bond donors (Lipinski definition) is 2. The third-order valence-corrected chi connectivity index (χ3v) is 7.76. The van der Waals surface area contributed by atoms with Gasteiger partial charge in [0.2, 0.25) is 5.91 Å². The molecular formula is C21H26N4O6S. The summed E-state index contributed by atoms with van der Waals surface area (Å²) in [5, 5.41) is 3.63. The standard InChI is InChI=1S/C21H26N4O6S/c1-31-8-7-24(15-6-9-32(29,30)13-15)19(26)12-25-20(27)18(23-21(25)28)10-14-11-22-17-5-3-2-4-16(14)17/h2-5,11,15,18,22H,6-10,12-13H2,1H3,(H,23,28)/t15-,18-/m0/s1. The molecule has 2 aliphatic rings. The van der Waals surface area contributed by atoms with Crippen LogP contribution in [0.5, 0.6) is 0 Å². The molecule has 0 spiro atoms. The SMILES string of the molecule is COCCN(C(=O)CN1C(=O)N[C@@H](Cc2c[nH]c3ccccc23)C1=O)[C@H]1CCS(=O)(=O)C1. The molecule has 4 amide bonds. The van der Waals surface area contributed by atoms with Gasteiger partial charge in [-0.15, -0.1) is 0 Å². The quantitative estimate of drug-likeness (QED) is 0.543. The Morgan fingerprint density at radius 1 is 1.28 bits per heavy atom. The second-order valence-corrected chi connectivity index (χ2v) is 10.4. The molecule has 2 aliphatic heterocycles. The first-order valence-corrected chi connectivity index (χ1v) is 12.3. The highest BCUT2D eigenvalue weighted by Gasteiger charge is 2.41. The third-order valence-electron chi connectivity index (χ3n) is 6.01. The van der Waals surface area contributed by atoms with Crippen LogP contribution in [0.25, 0.3) is 10.9 Å². The fourth-order valence-corrected chi connectivity index (χ4v) is 6.06. The number of urea groups is 1. The van der Waals surface area contributed by atoms with Crippen LogP contribution in [0.3, 0.4) is 0 Å². The van der Waals surface area contributed by atoms with E-state index in [0.29, 0.717) is 12.8 Å². The van der Waals surface area contributed by atoms with Crippen LogP contribution in [-0.4, -0.2) is 91.4 Å². The van der Waals surface area contributed by atoms with Crippen LogP contribution in [0.15, 0.2) is 30.5 Å². The van der Waals surface area contributed by atoms with E-state index in [2.05, 4.69) is 10.3 Å². The molecule has 10 nitrogen and oxygen atoms in total. The molecule has 2 saturated heterocycles. The summed E-state index contributed by atoms with van der Waals surface area (Å²) in [4.78, 5) is 43.9. The number of carbonyl (C=O) groups is 3. The molecule has 0 radical (unpaired) electrons. The maximum atomic E-state index is 13.0. The number of carbonyl (C=O) groups excluding carboxylic acids is 3. The fraction of sp³-hybridized carbons (Fsp3) is 0.476. The number of nitrogens with zero attached hydrogens (tertiary/aromatic N) is 2. The van der Waals surface area contributed by atoms with Gasteiger partial charge in [0, 0.05) is 43.2 Å². The molecule has 4 rings (SSSR count). The van der Waals surface area contributed by atoms with Gasteiger partial charge in [-0.05, 0) is 18.1 Å². The first-order valence-electron chi connectivity index (χ1n) is 10.4. The van der Waals surface area contributed by atoms with E-state index in [4.69, 9.17) is 4.74 Å². The van der Waals surface area contributed by atoms with Gasteiger partial charge in [-0.1, -0.05) is 18.2 Å². The van der Waals surface area contributed by atoms with Crippen molar-refractivity contribution in [2.45, 2.75) is 24.9 Å². The number of nitrogens with one attached hydrogen (secondary N) is 2. The van der Waals surface area contributed by atoms with Gasteiger partial charge in [-0.25, -0.2) is 13.2 Å². The number of hydrogen-bond acceptors (Lipinski definition) is 6. The minimum Gasteiger partial charge on any atom is -0.383 e. The monoisotopic (exact) mass is 462 g/mol. The van der Waals surface area contributed by atoms with Crippen LogP contribution in [0.1, 0.15) is 12.0 Å². The molecule has 32 heavy (non-hydrogen) atoms. The Bertz CT molecular complexity index is 1140. The minimum absolute atomic E-state index is 0.0181. The largest absolute Gasteiger partial charge is 0.383 e. The van der Waals surface area contributed by atoms with Gasteiger partial charge in [0.1, 0.15) is 12.6 Å². The van der Waals surface area contributed by atoms with E-state index in [1.54, 1.807) is 0 Å². The maximum absolute atomic E-state index is 13.0. The van der Waals surface area contributed by atoms with Gasteiger partial charge >= 0.3 is 6.03 Å². The van der Waals surface area contributed by atoms with Crippen molar-refractivity contribution in [3.8, 4) is 0 Å².